The molecule has 0 unspecified atom stereocenters. The van der Waals surface area contributed by atoms with Crippen LogP contribution in [0.1, 0.15) is 5.56 Å². The minimum atomic E-state index is 0.837. The van der Waals surface area contributed by atoms with E-state index in [1.165, 1.54) is 10.9 Å². The first-order chi connectivity index (χ1) is 5.68. The van der Waals surface area contributed by atoms with E-state index >= 15 is 0 Å². The second-order valence-corrected chi connectivity index (χ2v) is 3.49. The summed E-state index contributed by atoms with van der Waals surface area (Å²) in [6.45, 7) is 2.02. The van der Waals surface area contributed by atoms with Gasteiger partial charge in [-0.1, -0.05) is 11.6 Å². The summed E-state index contributed by atoms with van der Waals surface area (Å²) in [5.74, 6) is 0. The summed E-state index contributed by atoms with van der Waals surface area (Å²) in [5.41, 5.74) is 2.32. The Kier molecular flexibility index (Phi) is 1.62. The Hall–Kier alpha value is -0.950. The fraction of sp³-hybridized carbons (Fsp3) is 0.200. The molecular weight excluding hydrogens is 170 g/mol. The lowest BCUT2D eigenvalue weighted by Crippen LogP contribution is -1.84. The molecule has 2 aromatic rings. The molecular formula is C10H10ClN. The van der Waals surface area contributed by atoms with Gasteiger partial charge in [0.1, 0.15) is 0 Å². The van der Waals surface area contributed by atoms with Crippen LogP contribution in [0.4, 0.5) is 0 Å². The Balaban J connectivity index is 2.87. The van der Waals surface area contributed by atoms with Crippen molar-refractivity contribution < 1.29 is 0 Å². The van der Waals surface area contributed by atoms with E-state index in [9.17, 15) is 0 Å². The van der Waals surface area contributed by atoms with Crippen LogP contribution in [0.15, 0.2) is 24.4 Å². The maximum absolute atomic E-state index is 6.00. The van der Waals surface area contributed by atoms with Crippen molar-refractivity contribution in [2.75, 3.05) is 0 Å². The molecule has 1 nitrogen and oxygen atoms in total. The van der Waals surface area contributed by atoms with E-state index in [0.29, 0.717) is 0 Å². The molecule has 0 atom stereocenters. The summed E-state index contributed by atoms with van der Waals surface area (Å²) in [6.07, 6.45) is 2.04. The van der Waals surface area contributed by atoms with E-state index in [0.717, 1.165) is 10.6 Å². The highest BCUT2D eigenvalue weighted by Gasteiger charge is 2.01. The number of halogens is 1. The number of aryl methyl sites for hydroxylation is 2. The van der Waals surface area contributed by atoms with E-state index in [-0.39, 0.29) is 0 Å². The Morgan fingerprint density at radius 3 is 2.83 bits per heavy atom. The lowest BCUT2D eigenvalue weighted by Gasteiger charge is -1.99. The van der Waals surface area contributed by atoms with Crippen molar-refractivity contribution in [3.05, 3.63) is 35.0 Å². The topological polar surface area (TPSA) is 4.93 Å². The minimum absolute atomic E-state index is 0.837. The Morgan fingerprint density at radius 1 is 1.33 bits per heavy atom. The third kappa shape index (κ3) is 1.01. The molecule has 0 radical (unpaired) electrons. The number of benzene rings is 1. The second kappa shape index (κ2) is 2.53. The van der Waals surface area contributed by atoms with Gasteiger partial charge in [-0.2, -0.15) is 0 Å². The fourth-order valence-electron chi connectivity index (χ4n) is 1.40. The average molecular weight is 180 g/mol. The first-order valence-corrected chi connectivity index (χ1v) is 4.27. The van der Waals surface area contributed by atoms with Crippen LogP contribution in [0.2, 0.25) is 5.02 Å². The molecule has 1 aromatic heterocycles. The first-order valence-electron chi connectivity index (χ1n) is 3.89. The van der Waals surface area contributed by atoms with Gasteiger partial charge in [0.2, 0.25) is 0 Å². The van der Waals surface area contributed by atoms with Gasteiger partial charge in [-0.15, -0.1) is 0 Å². The molecule has 0 aliphatic rings. The summed E-state index contributed by atoms with van der Waals surface area (Å²) in [5, 5.41) is 2.09. The monoisotopic (exact) mass is 179 g/mol. The highest BCUT2D eigenvalue weighted by Crippen LogP contribution is 2.23. The molecule has 12 heavy (non-hydrogen) atoms. The van der Waals surface area contributed by atoms with E-state index in [2.05, 4.69) is 16.7 Å². The number of nitrogens with zero attached hydrogens (tertiary/aromatic N) is 1. The van der Waals surface area contributed by atoms with Gasteiger partial charge in [0, 0.05) is 23.8 Å². The van der Waals surface area contributed by atoms with Crippen molar-refractivity contribution in [3.63, 3.8) is 0 Å². The fourth-order valence-corrected chi connectivity index (χ4v) is 1.56. The maximum atomic E-state index is 6.00. The first kappa shape index (κ1) is 7.69. The minimum Gasteiger partial charge on any atom is -0.351 e. The number of fused-ring (bicyclic) bond motifs is 1. The smallest absolute Gasteiger partial charge is 0.0492 e. The van der Waals surface area contributed by atoms with Gasteiger partial charge in [-0.25, -0.2) is 0 Å². The summed E-state index contributed by atoms with van der Waals surface area (Å²) < 4.78 is 2.07. The van der Waals surface area contributed by atoms with Crippen LogP contribution in [-0.2, 0) is 7.05 Å². The molecule has 0 amide bonds. The van der Waals surface area contributed by atoms with Crippen LogP contribution in [0, 0.1) is 6.92 Å². The van der Waals surface area contributed by atoms with Crippen molar-refractivity contribution in [1.82, 2.24) is 4.57 Å². The van der Waals surface area contributed by atoms with Gasteiger partial charge in [0.05, 0.1) is 0 Å². The highest BCUT2D eigenvalue weighted by atomic mass is 35.5. The molecule has 1 heterocycles. The molecule has 2 rings (SSSR count). The van der Waals surface area contributed by atoms with Crippen LogP contribution >= 0.6 is 11.6 Å². The van der Waals surface area contributed by atoms with Crippen LogP contribution in [0.3, 0.4) is 0 Å². The Bertz CT molecular complexity index is 429. The van der Waals surface area contributed by atoms with Gasteiger partial charge in [0.15, 0.2) is 0 Å². The zero-order chi connectivity index (χ0) is 8.72. The molecule has 0 fully saturated rings. The normalized spacial score (nSPS) is 10.9. The van der Waals surface area contributed by atoms with Crippen LogP contribution < -0.4 is 0 Å². The van der Waals surface area contributed by atoms with Gasteiger partial charge in [0.25, 0.3) is 0 Å². The predicted molar refractivity (Wildman–Crippen MR) is 52.7 cm³/mol. The van der Waals surface area contributed by atoms with Gasteiger partial charge >= 0.3 is 0 Å². The van der Waals surface area contributed by atoms with Gasteiger partial charge < -0.3 is 4.57 Å². The van der Waals surface area contributed by atoms with E-state index in [1.807, 2.05) is 26.2 Å². The number of aromatic nitrogens is 1. The van der Waals surface area contributed by atoms with E-state index in [4.69, 9.17) is 11.6 Å². The molecule has 1 aromatic carbocycles. The second-order valence-electron chi connectivity index (χ2n) is 3.09. The zero-order valence-electron chi connectivity index (χ0n) is 7.13. The summed E-state index contributed by atoms with van der Waals surface area (Å²) in [4.78, 5) is 0. The van der Waals surface area contributed by atoms with Crippen LogP contribution in [0.5, 0.6) is 0 Å². The molecule has 0 N–H and O–H groups in total. The van der Waals surface area contributed by atoms with Gasteiger partial charge in [-0.3, -0.25) is 0 Å². The standard InChI is InChI=1S/C10H10ClN/c1-7-5-8-3-4-12(2)10(8)6-9(7)11/h3-6H,1-2H3. The zero-order valence-corrected chi connectivity index (χ0v) is 7.89. The van der Waals surface area contributed by atoms with Crippen LogP contribution in [-0.4, -0.2) is 4.57 Å². The molecule has 0 aliphatic heterocycles. The lowest BCUT2D eigenvalue weighted by molar-refractivity contribution is 0.969. The summed E-state index contributed by atoms with van der Waals surface area (Å²) >= 11 is 6.00. The van der Waals surface area contributed by atoms with E-state index < -0.39 is 0 Å². The molecule has 0 bridgehead atoms. The number of hydrogen-bond donors (Lipinski definition) is 0. The Morgan fingerprint density at radius 2 is 2.08 bits per heavy atom. The SMILES string of the molecule is Cc1cc2ccn(C)c2cc1Cl. The van der Waals surface area contributed by atoms with Crippen molar-refractivity contribution in [3.8, 4) is 0 Å². The van der Waals surface area contributed by atoms with Crippen molar-refractivity contribution in [1.29, 1.82) is 0 Å². The number of hydrogen-bond acceptors (Lipinski definition) is 0. The molecule has 62 valence electrons. The largest absolute Gasteiger partial charge is 0.351 e. The molecule has 0 saturated heterocycles. The predicted octanol–water partition coefficient (Wildman–Crippen LogP) is 3.14. The molecule has 0 saturated carbocycles. The molecule has 0 spiro atoms. The highest BCUT2D eigenvalue weighted by molar-refractivity contribution is 6.32. The van der Waals surface area contributed by atoms with Crippen molar-refractivity contribution in [2.45, 2.75) is 6.92 Å². The Labute approximate surface area is 76.6 Å². The van der Waals surface area contributed by atoms with Gasteiger partial charge in [-0.05, 0) is 36.1 Å². The van der Waals surface area contributed by atoms with E-state index in [1.54, 1.807) is 0 Å². The maximum Gasteiger partial charge on any atom is 0.0492 e. The summed E-state index contributed by atoms with van der Waals surface area (Å²) in [7, 11) is 2.02. The molecule has 2 heteroatoms. The summed E-state index contributed by atoms with van der Waals surface area (Å²) in [6, 6.07) is 6.21. The van der Waals surface area contributed by atoms with Crippen molar-refractivity contribution >= 4 is 22.5 Å². The lowest BCUT2D eigenvalue weighted by atomic mass is 10.2. The van der Waals surface area contributed by atoms with Crippen molar-refractivity contribution in [2.24, 2.45) is 7.05 Å². The third-order valence-electron chi connectivity index (χ3n) is 2.17. The number of rotatable bonds is 0. The molecule has 0 aliphatic carbocycles. The average Bonchev–Trinajstić information content (AvgIpc) is 2.35. The third-order valence-corrected chi connectivity index (χ3v) is 2.57. The quantitative estimate of drug-likeness (QED) is 0.586. The van der Waals surface area contributed by atoms with Crippen LogP contribution in [0.25, 0.3) is 10.9 Å².